The summed E-state index contributed by atoms with van der Waals surface area (Å²) in [6.07, 6.45) is 2.52. The highest BCUT2D eigenvalue weighted by atomic mass is 35.5. The van der Waals surface area contributed by atoms with Gasteiger partial charge in [0.25, 0.3) is 0 Å². The van der Waals surface area contributed by atoms with Crippen molar-refractivity contribution >= 4 is 12.4 Å². The third kappa shape index (κ3) is 3.62. The fraction of sp³-hybridized carbons (Fsp3) is 0.600. The molecule has 0 spiro atoms. The van der Waals surface area contributed by atoms with E-state index < -0.39 is 0 Å². The van der Waals surface area contributed by atoms with Gasteiger partial charge in [-0.1, -0.05) is 6.07 Å². The molecule has 5 heteroatoms. The molecule has 1 unspecified atom stereocenters. The summed E-state index contributed by atoms with van der Waals surface area (Å²) in [4.78, 5) is 2.33. The molecule has 2 aliphatic rings. The number of nitrogens with one attached hydrogen (secondary N) is 1. The SMILES string of the molecule is Cl.Fc1cccc2c1CN(CC1CCCNC1)CCO2. The highest BCUT2D eigenvalue weighted by Gasteiger charge is 2.22. The number of hydrogen-bond donors (Lipinski definition) is 1. The smallest absolute Gasteiger partial charge is 0.131 e. The van der Waals surface area contributed by atoms with Gasteiger partial charge >= 0.3 is 0 Å². The predicted molar refractivity (Wildman–Crippen MR) is 80.0 cm³/mol. The van der Waals surface area contributed by atoms with Gasteiger partial charge in [0.15, 0.2) is 0 Å². The highest BCUT2D eigenvalue weighted by Crippen LogP contribution is 2.26. The van der Waals surface area contributed by atoms with Crippen LogP contribution in [0.15, 0.2) is 18.2 Å². The first-order valence-electron chi connectivity index (χ1n) is 7.16. The normalized spacial score (nSPS) is 23.1. The van der Waals surface area contributed by atoms with E-state index in [1.54, 1.807) is 6.07 Å². The molecule has 20 heavy (non-hydrogen) atoms. The molecule has 1 aromatic rings. The molecule has 3 rings (SSSR count). The maximum absolute atomic E-state index is 13.9. The standard InChI is InChI=1S/C15H21FN2O.ClH/c16-14-4-1-5-15-13(14)11-18(7-8-19-15)10-12-3-2-6-17-9-12;/h1,4-5,12,17H,2-3,6-11H2;1H. The molecule has 0 aromatic heterocycles. The molecule has 2 aliphatic heterocycles. The molecule has 0 amide bonds. The lowest BCUT2D eigenvalue weighted by Gasteiger charge is -2.29. The zero-order valence-electron chi connectivity index (χ0n) is 11.6. The van der Waals surface area contributed by atoms with Crippen LogP contribution in [0.4, 0.5) is 4.39 Å². The van der Waals surface area contributed by atoms with E-state index in [1.165, 1.54) is 18.9 Å². The minimum atomic E-state index is -0.147. The molecule has 1 fully saturated rings. The third-order valence-electron chi connectivity index (χ3n) is 4.04. The molecule has 0 radical (unpaired) electrons. The van der Waals surface area contributed by atoms with Gasteiger partial charge in [-0.15, -0.1) is 12.4 Å². The summed E-state index contributed by atoms with van der Waals surface area (Å²) < 4.78 is 19.5. The van der Waals surface area contributed by atoms with Crippen LogP contribution in [0.5, 0.6) is 5.75 Å². The van der Waals surface area contributed by atoms with E-state index in [0.29, 0.717) is 30.4 Å². The van der Waals surface area contributed by atoms with Gasteiger partial charge in [0.2, 0.25) is 0 Å². The Labute approximate surface area is 125 Å². The quantitative estimate of drug-likeness (QED) is 0.908. The van der Waals surface area contributed by atoms with Gasteiger partial charge < -0.3 is 10.1 Å². The van der Waals surface area contributed by atoms with Gasteiger partial charge in [-0.2, -0.15) is 0 Å². The van der Waals surface area contributed by atoms with E-state index in [-0.39, 0.29) is 18.2 Å². The average Bonchev–Trinajstić information content (AvgIpc) is 2.63. The second-order valence-electron chi connectivity index (χ2n) is 5.51. The first kappa shape index (κ1) is 15.5. The van der Waals surface area contributed by atoms with E-state index >= 15 is 0 Å². The van der Waals surface area contributed by atoms with Crippen LogP contribution in [-0.2, 0) is 6.54 Å². The van der Waals surface area contributed by atoms with Crippen molar-refractivity contribution in [2.24, 2.45) is 5.92 Å². The molecule has 1 saturated heterocycles. The fourth-order valence-corrected chi connectivity index (χ4v) is 3.02. The molecule has 2 heterocycles. The Morgan fingerprint density at radius 1 is 1.40 bits per heavy atom. The molecule has 1 aromatic carbocycles. The van der Waals surface area contributed by atoms with E-state index in [0.717, 1.165) is 26.2 Å². The van der Waals surface area contributed by atoms with Crippen molar-refractivity contribution in [3.8, 4) is 5.75 Å². The molecule has 3 nitrogen and oxygen atoms in total. The maximum atomic E-state index is 13.9. The van der Waals surface area contributed by atoms with Crippen molar-refractivity contribution in [2.45, 2.75) is 19.4 Å². The Morgan fingerprint density at radius 2 is 2.30 bits per heavy atom. The second-order valence-corrected chi connectivity index (χ2v) is 5.51. The summed E-state index contributed by atoms with van der Waals surface area (Å²) in [5, 5.41) is 3.44. The Morgan fingerprint density at radius 3 is 3.10 bits per heavy atom. The monoisotopic (exact) mass is 300 g/mol. The summed E-state index contributed by atoms with van der Waals surface area (Å²) in [6, 6.07) is 5.10. The van der Waals surface area contributed by atoms with Gasteiger partial charge in [-0.25, -0.2) is 4.39 Å². The van der Waals surface area contributed by atoms with Crippen LogP contribution in [-0.4, -0.2) is 37.7 Å². The molecule has 0 aliphatic carbocycles. The lowest BCUT2D eigenvalue weighted by Crippen LogP contribution is -2.38. The van der Waals surface area contributed by atoms with Gasteiger partial charge in [0, 0.05) is 25.2 Å². The van der Waals surface area contributed by atoms with E-state index in [4.69, 9.17) is 4.74 Å². The van der Waals surface area contributed by atoms with Crippen LogP contribution in [0.25, 0.3) is 0 Å². The zero-order chi connectivity index (χ0) is 13.1. The molecule has 1 atom stereocenters. The Kier molecular flexibility index (Phi) is 5.64. The number of nitrogens with zero attached hydrogens (tertiary/aromatic N) is 1. The lowest BCUT2D eigenvalue weighted by atomic mass is 9.99. The van der Waals surface area contributed by atoms with Crippen molar-refractivity contribution in [3.05, 3.63) is 29.6 Å². The minimum Gasteiger partial charge on any atom is -0.492 e. The van der Waals surface area contributed by atoms with Crippen LogP contribution in [0.1, 0.15) is 18.4 Å². The van der Waals surface area contributed by atoms with E-state index in [9.17, 15) is 4.39 Å². The number of piperidine rings is 1. The van der Waals surface area contributed by atoms with E-state index in [2.05, 4.69) is 10.2 Å². The Bertz CT molecular complexity index is 438. The van der Waals surface area contributed by atoms with Crippen molar-refractivity contribution in [2.75, 3.05) is 32.8 Å². The third-order valence-corrected chi connectivity index (χ3v) is 4.04. The summed E-state index contributed by atoms with van der Waals surface area (Å²) >= 11 is 0. The molecular formula is C15H22ClFN2O. The van der Waals surface area contributed by atoms with Gasteiger partial charge in [0.1, 0.15) is 18.2 Å². The zero-order valence-corrected chi connectivity index (χ0v) is 12.4. The molecule has 112 valence electrons. The number of rotatable bonds is 2. The van der Waals surface area contributed by atoms with Crippen molar-refractivity contribution in [1.82, 2.24) is 10.2 Å². The van der Waals surface area contributed by atoms with Crippen LogP contribution >= 0.6 is 12.4 Å². The fourth-order valence-electron chi connectivity index (χ4n) is 3.02. The van der Waals surface area contributed by atoms with E-state index in [1.807, 2.05) is 6.07 Å². The van der Waals surface area contributed by atoms with Gasteiger partial charge in [-0.05, 0) is 44.0 Å². The number of halogens is 2. The summed E-state index contributed by atoms with van der Waals surface area (Å²) in [6.45, 7) is 5.45. The Hall–Kier alpha value is -0.840. The first-order valence-corrected chi connectivity index (χ1v) is 7.16. The van der Waals surface area contributed by atoms with Crippen LogP contribution < -0.4 is 10.1 Å². The average molecular weight is 301 g/mol. The molecule has 0 saturated carbocycles. The summed E-state index contributed by atoms with van der Waals surface area (Å²) in [5.74, 6) is 1.25. The van der Waals surface area contributed by atoms with Crippen LogP contribution in [0.3, 0.4) is 0 Å². The molecule has 1 N–H and O–H groups in total. The van der Waals surface area contributed by atoms with Crippen LogP contribution in [0, 0.1) is 11.7 Å². The van der Waals surface area contributed by atoms with Gasteiger partial charge in [-0.3, -0.25) is 4.90 Å². The van der Waals surface area contributed by atoms with Crippen molar-refractivity contribution < 1.29 is 9.13 Å². The number of fused-ring (bicyclic) bond motifs is 1. The van der Waals surface area contributed by atoms with Crippen LogP contribution in [0.2, 0.25) is 0 Å². The van der Waals surface area contributed by atoms with Crippen molar-refractivity contribution in [3.63, 3.8) is 0 Å². The second kappa shape index (κ2) is 7.25. The van der Waals surface area contributed by atoms with Gasteiger partial charge in [0.05, 0.1) is 0 Å². The molecule has 0 bridgehead atoms. The number of hydrogen-bond acceptors (Lipinski definition) is 3. The lowest BCUT2D eigenvalue weighted by molar-refractivity contribution is 0.183. The van der Waals surface area contributed by atoms with Crippen molar-refractivity contribution in [1.29, 1.82) is 0 Å². The topological polar surface area (TPSA) is 24.5 Å². The molecular weight excluding hydrogens is 279 g/mol. The largest absolute Gasteiger partial charge is 0.492 e. The number of ether oxygens (including phenoxy) is 1. The predicted octanol–water partition coefficient (Wildman–Crippen LogP) is 2.44. The summed E-state index contributed by atoms with van der Waals surface area (Å²) in [7, 11) is 0. The Balaban J connectivity index is 0.00000147. The first-order chi connectivity index (χ1) is 9.33. The minimum absolute atomic E-state index is 0. The maximum Gasteiger partial charge on any atom is 0.131 e. The highest BCUT2D eigenvalue weighted by molar-refractivity contribution is 5.85. The summed E-state index contributed by atoms with van der Waals surface area (Å²) in [5.41, 5.74) is 0.712. The number of benzene rings is 1.